The van der Waals surface area contributed by atoms with Crippen LogP contribution in [-0.2, 0) is 5.75 Å². The fourth-order valence-electron chi connectivity index (χ4n) is 3.00. The summed E-state index contributed by atoms with van der Waals surface area (Å²) in [4.78, 5) is 15.7. The monoisotopic (exact) mass is 314 g/mol. The molecule has 0 atom stereocenters. The molecular weight excluding hydrogens is 296 g/mol. The number of aromatic amines is 1. The molecule has 1 saturated carbocycles. The summed E-state index contributed by atoms with van der Waals surface area (Å²) in [6.07, 6.45) is 11.9. The van der Waals surface area contributed by atoms with Crippen molar-refractivity contribution < 1.29 is 0 Å². The molecule has 7 heteroatoms. The van der Waals surface area contributed by atoms with Crippen LogP contribution in [0.1, 0.15) is 43.8 Å². The van der Waals surface area contributed by atoms with Gasteiger partial charge in [-0.15, -0.1) is 0 Å². The minimum atomic E-state index is 0.589. The summed E-state index contributed by atoms with van der Waals surface area (Å²) in [5.74, 6) is 0.810. The van der Waals surface area contributed by atoms with Crippen molar-refractivity contribution in [1.82, 2.24) is 29.7 Å². The topological polar surface area (TPSA) is 72.3 Å². The Bertz CT molecular complexity index is 758. The van der Waals surface area contributed by atoms with Crippen molar-refractivity contribution in [3.8, 4) is 0 Å². The number of fused-ring (bicyclic) bond motifs is 1. The molecular formula is C15H18N6S. The average Bonchev–Trinajstić information content (AvgIpc) is 3.23. The van der Waals surface area contributed by atoms with Crippen molar-refractivity contribution >= 4 is 22.9 Å². The van der Waals surface area contributed by atoms with E-state index < -0.39 is 0 Å². The highest BCUT2D eigenvalue weighted by molar-refractivity contribution is 7.98. The lowest BCUT2D eigenvalue weighted by atomic mass is 9.96. The Kier molecular flexibility index (Phi) is 3.80. The molecule has 1 aliphatic carbocycles. The van der Waals surface area contributed by atoms with E-state index in [4.69, 9.17) is 5.10 Å². The molecule has 3 aromatic heterocycles. The van der Waals surface area contributed by atoms with E-state index in [9.17, 15) is 0 Å². The van der Waals surface area contributed by atoms with E-state index in [1.54, 1.807) is 24.4 Å². The van der Waals surface area contributed by atoms with Crippen LogP contribution < -0.4 is 0 Å². The van der Waals surface area contributed by atoms with Gasteiger partial charge >= 0.3 is 0 Å². The predicted molar refractivity (Wildman–Crippen MR) is 85.6 cm³/mol. The summed E-state index contributed by atoms with van der Waals surface area (Å²) < 4.78 is 2.15. The van der Waals surface area contributed by atoms with Gasteiger partial charge in [-0.05, 0) is 18.9 Å². The van der Waals surface area contributed by atoms with Gasteiger partial charge in [0.05, 0.1) is 18.1 Å². The second kappa shape index (κ2) is 6.08. The lowest BCUT2D eigenvalue weighted by Crippen LogP contribution is -2.13. The zero-order chi connectivity index (χ0) is 14.8. The predicted octanol–water partition coefficient (Wildman–Crippen LogP) is 3.35. The zero-order valence-corrected chi connectivity index (χ0v) is 13.1. The molecule has 1 aliphatic rings. The number of nitrogens with one attached hydrogen (secondary N) is 1. The van der Waals surface area contributed by atoms with Crippen LogP contribution >= 0.6 is 11.8 Å². The van der Waals surface area contributed by atoms with Gasteiger partial charge in [-0.25, -0.2) is 15.0 Å². The second-order valence-corrected chi connectivity index (χ2v) is 6.61. The Morgan fingerprint density at radius 3 is 3.00 bits per heavy atom. The van der Waals surface area contributed by atoms with Gasteiger partial charge in [0, 0.05) is 11.9 Å². The summed E-state index contributed by atoms with van der Waals surface area (Å²) in [5.41, 5.74) is 2.71. The quantitative estimate of drug-likeness (QED) is 0.590. The van der Waals surface area contributed by atoms with Gasteiger partial charge in [0.2, 0.25) is 0 Å². The molecule has 4 rings (SSSR count). The van der Waals surface area contributed by atoms with E-state index in [2.05, 4.69) is 36.9 Å². The number of H-pyrrole nitrogens is 1. The maximum atomic E-state index is 4.74. The van der Waals surface area contributed by atoms with E-state index in [0.29, 0.717) is 11.7 Å². The van der Waals surface area contributed by atoms with Gasteiger partial charge < -0.3 is 4.98 Å². The highest BCUT2D eigenvalue weighted by Gasteiger charge is 2.16. The molecule has 22 heavy (non-hydrogen) atoms. The molecule has 3 heterocycles. The van der Waals surface area contributed by atoms with Crippen LogP contribution in [0.15, 0.2) is 29.9 Å². The maximum absolute atomic E-state index is 4.74. The van der Waals surface area contributed by atoms with Gasteiger partial charge in [0.1, 0.15) is 16.9 Å². The van der Waals surface area contributed by atoms with Crippen molar-refractivity contribution in [2.24, 2.45) is 0 Å². The Balaban J connectivity index is 1.45. The first-order chi connectivity index (χ1) is 10.9. The standard InChI is InChI=1S/C15H18N6S/c1-2-4-12(5-3-1)21-7-6-11(20-21)8-22-15-13-14(17-9-16-13)18-10-19-15/h6-7,9-10,12H,1-5,8H2,(H,16,17,18,19). The molecule has 0 amide bonds. The zero-order valence-electron chi connectivity index (χ0n) is 12.3. The highest BCUT2D eigenvalue weighted by atomic mass is 32.2. The number of imidazole rings is 1. The molecule has 0 aliphatic heterocycles. The lowest BCUT2D eigenvalue weighted by Gasteiger charge is -2.21. The molecule has 0 aromatic carbocycles. The number of aromatic nitrogens is 6. The number of thioether (sulfide) groups is 1. The van der Waals surface area contributed by atoms with Crippen LogP contribution in [0.25, 0.3) is 11.2 Å². The summed E-state index contributed by atoms with van der Waals surface area (Å²) in [6, 6.07) is 2.71. The SMILES string of the molecule is c1nc(SCc2ccn(C3CCCCC3)n2)c2[nH]cnc2n1. The Labute approximate surface area is 132 Å². The highest BCUT2D eigenvalue weighted by Crippen LogP contribution is 2.29. The summed E-state index contributed by atoms with van der Waals surface area (Å²) in [5, 5.41) is 5.67. The Morgan fingerprint density at radius 1 is 1.18 bits per heavy atom. The van der Waals surface area contributed by atoms with Gasteiger partial charge in [0.25, 0.3) is 0 Å². The first-order valence-electron chi connectivity index (χ1n) is 7.71. The molecule has 6 nitrogen and oxygen atoms in total. The minimum Gasteiger partial charge on any atom is -0.341 e. The van der Waals surface area contributed by atoms with Crippen molar-refractivity contribution in [2.75, 3.05) is 0 Å². The van der Waals surface area contributed by atoms with Crippen molar-refractivity contribution in [1.29, 1.82) is 0 Å². The van der Waals surface area contributed by atoms with E-state index in [1.807, 2.05) is 0 Å². The lowest BCUT2D eigenvalue weighted by molar-refractivity contribution is 0.328. The maximum Gasteiger partial charge on any atom is 0.181 e. The van der Waals surface area contributed by atoms with Crippen molar-refractivity contribution in [3.63, 3.8) is 0 Å². The number of nitrogens with zero attached hydrogens (tertiary/aromatic N) is 5. The molecule has 0 spiro atoms. The molecule has 0 saturated heterocycles. The summed E-state index contributed by atoms with van der Waals surface area (Å²) in [7, 11) is 0. The molecule has 1 N–H and O–H groups in total. The van der Waals surface area contributed by atoms with Gasteiger partial charge in [-0.2, -0.15) is 5.10 Å². The van der Waals surface area contributed by atoms with Crippen LogP contribution in [-0.4, -0.2) is 29.7 Å². The van der Waals surface area contributed by atoms with Crippen LogP contribution in [0.4, 0.5) is 0 Å². The first-order valence-corrected chi connectivity index (χ1v) is 8.69. The molecule has 0 unspecified atom stereocenters. The normalized spacial score (nSPS) is 16.4. The first kappa shape index (κ1) is 13.8. The number of hydrogen-bond donors (Lipinski definition) is 1. The van der Waals surface area contributed by atoms with Crippen LogP contribution in [0.2, 0.25) is 0 Å². The van der Waals surface area contributed by atoms with Gasteiger partial charge in [-0.3, -0.25) is 4.68 Å². The van der Waals surface area contributed by atoms with Crippen LogP contribution in [0.3, 0.4) is 0 Å². The molecule has 0 radical (unpaired) electrons. The molecule has 3 aromatic rings. The smallest absolute Gasteiger partial charge is 0.181 e. The molecule has 1 fully saturated rings. The fraction of sp³-hybridized carbons (Fsp3) is 0.467. The minimum absolute atomic E-state index is 0.589. The second-order valence-electron chi connectivity index (χ2n) is 5.65. The van der Waals surface area contributed by atoms with Crippen molar-refractivity contribution in [2.45, 2.75) is 48.9 Å². The van der Waals surface area contributed by atoms with Crippen molar-refractivity contribution in [3.05, 3.63) is 30.6 Å². The summed E-state index contributed by atoms with van der Waals surface area (Å²) in [6.45, 7) is 0. The third kappa shape index (κ3) is 2.72. The van der Waals surface area contributed by atoms with Gasteiger partial charge in [-0.1, -0.05) is 31.0 Å². The number of hydrogen-bond acceptors (Lipinski definition) is 5. The third-order valence-electron chi connectivity index (χ3n) is 4.16. The van der Waals surface area contributed by atoms with E-state index in [-0.39, 0.29) is 0 Å². The van der Waals surface area contributed by atoms with E-state index >= 15 is 0 Å². The van der Waals surface area contributed by atoms with Crippen LogP contribution in [0, 0.1) is 0 Å². The van der Waals surface area contributed by atoms with E-state index in [0.717, 1.165) is 22.0 Å². The number of rotatable bonds is 4. The molecule has 114 valence electrons. The summed E-state index contributed by atoms with van der Waals surface area (Å²) >= 11 is 1.67. The largest absolute Gasteiger partial charge is 0.341 e. The van der Waals surface area contributed by atoms with E-state index in [1.165, 1.54) is 32.1 Å². The van der Waals surface area contributed by atoms with Gasteiger partial charge in [0.15, 0.2) is 5.65 Å². The fourth-order valence-corrected chi connectivity index (χ4v) is 3.85. The Morgan fingerprint density at radius 2 is 2.09 bits per heavy atom. The third-order valence-corrected chi connectivity index (χ3v) is 5.18. The average molecular weight is 314 g/mol. The molecule has 0 bridgehead atoms. The Hall–Kier alpha value is -1.89. The van der Waals surface area contributed by atoms with Crippen LogP contribution in [0.5, 0.6) is 0 Å².